The summed E-state index contributed by atoms with van der Waals surface area (Å²) in [5.41, 5.74) is 0. The van der Waals surface area contributed by atoms with Gasteiger partial charge in [-0.25, -0.2) is 13.1 Å². The summed E-state index contributed by atoms with van der Waals surface area (Å²) in [6.45, 7) is 5.37. The van der Waals surface area contributed by atoms with Crippen molar-refractivity contribution in [2.24, 2.45) is 0 Å². The van der Waals surface area contributed by atoms with E-state index in [2.05, 4.69) is 15.1 Å². The molecule has 110 valence electrons. The summed E-state index contributed by atoms with van der Waals surface area (Å²) in [6, 6.07) is 1.64. The fourth-order valence-electron chi connectivity index (χ4n) is 2.25. The van der Waals surface area contributed by atoms with Gasteiger partial charge in [-0.2, -0.15) is 5.10 Å². The summed E-state index contributed by atoms with van der Waals surface area (Å²) in [7, 11) is -3.48. The van der Waals surface area contributed by atoms with E-state index in [1.54, 1.807) is 0 Å². The highest BCUT2D eigenvalue weighted by molar-refractivity contribution is 7.89. The van der Waals surface area contributed by atoms with Gasteiger partial charge in [0.25, 0.3) is 10.0 Å². The van der Waals surface area contributed by atoms with Gasteiger partial charge in [0.05, 0.1) is 6.20 Å². The van der Waals surface area contributed by atoms with E-state index in [-0.39, 0.29) is 29.5 Å². The van der Waals surface area contributed by atoms with Crippen molar-refractivity contribution in [3.8, 4) is 0 Å². The Morgan fingerprint density at radius 1 is 1.58 bits per heavy atom. The zero-order valence-corrected chi connectivity index (χ0v) is 12.8. The highest BCUT2D eigenvalue weighted by atomic mass is 35.5. The highest BCUT2D eigenvalue weighted by Gasteiger charge is 2.28. The van der Waals surface area contributed by atoms with Crippen LogP contribution >= 0.6 is 12.4 Å². The third kappa shape index (κ3) is 3.68. The molecule has 0 spiro atoms. The van der Waals surface area contributed by atoms with E-state index in [0.29, 0.717) is 6.54 Å². The molecule has 2 heterocycles. The number of aromatic nitrogens is 2. The normalized spacial score (nSPS) is 23.9. The molecule has 1 aromatic rings. The van der Waals surface area contributed by atoms with Crippen molar-refractivity contribution in [3.63, 3.8) is 0 Å². The maximum Gasteiger partial charge on any atom is 0.258 e. The zero-order chi connectivity index (χ0) is 13.2. The van der Waals surface area contributed by atoms with Crippen LogP contribution in [0.5, 0.6) is 0 Å². The summed E-state index contributed by atoms with van der Waals surface area (Å²) >= 11 is 0. The predicted octanol–water partition coefficient (Wildman–Crippen LogP) is 0.744. The largest absolute Gasteiger partial charge is 0.313 e. The Hall–Kier alpha value is -0.630. The van der Waals surface area contributed by atoms with E-state index in [4.69, 9.17) is 0 Å². The molecule has 1 aliphatic rings. The van der Waals surface area contributed by atoms with Gasteiger partial charge in [0, 0.05) is 18.6 Å². The lowest BCUT2D eigenvalue weighted by atomic mass is 10.0. The van der Waals surface area contributed by atoms with Gasteiger partial charge in [0.2, 0.25) is 0 Å². The molecule has 6 nitrogen and oxygen atoms in total. The van der Waals surface area contributed by atoms with Gasteiger partial charge < -0.3 is 5.32 Å². The summed E-state index contributed by atoms with van der Waals surface area (Å²) < 4.78 is 28.8. The van der Waals surface area contributed by atoms with Gasteiger partial charge in [0.1, 0.15) is 0 Å². The number of rotatable bonds is 4. The summed E-state index contributed by atoms with van der Waals surface area (Å²) in [4.78, 5) is 0. The van der Waals surface area contributed by atoms with Gasteiger partial charge in [-0.3, -0.25) is 4.68 Å². The molecular formula is C11H21ClN4O2S. The lowest BCUT2D eigenvalue weighted by Gasteiger charge is -2.30. The van der Waals surface area contributed by atoms with Gasteiger partial charge in [0.15, 0.2) is 5.03 Å². The van der Waals surface area contributed by atoms with Crippen LogP contribution in [0, 0.1) is 0 Å². The van der Waals surface area contributed by atoms with Crippen LogP contribution in [-0.2, 0) is 16.6 Å². The van der Waals surface area contributed by atoms with Crippen LogP contribution < -0.4 is 10.0 Å². The Kier molecular flexibility index (Phi) is 5.79. The molecule has 8 heteroatoms. The number of aryl methyl sites for hydroxylation is 1. The molecular weight excluding hydrogens is 288 g/mol. The lowest BCUT2D eigenvalue weighted by molar-refractivity contribution is 0.348. The van der Waals surface area contributed by atoms with E-state index in [0.717, 1.165) is 19.4 Å². The molecule has 1 fully saturated rings. The fourth-order valence-corrected chi connectivity index (χ4v) is 3.79. The number of sulfonamides is 1. The smallest absolute Gasteiger partial charge is 0.258 e. The van der Waals surface area contributed by atoms with Gasteiger partial charge in [-0.15, -0.1) is 12.4 Å². The van der Waals surface area contributed by atoms with Gasteiger partial charge >= 0.3 is 0 Å². The predicted molar refractivity (Wildman–Crippen MR) is 76.0 cm³/mol. The monoisotopic (exact) mass is 308 g/mol. The molecule has 2 unspecified atom stereocenters. The first-order valence-corrected chi connectivity index (χ1v) is 7.80. The first-order chi connectivity index (χ1) is 8.54. The topological polar surface area (TPSA) is 76.0 Å². The standard InChI is InChI=1S/C11H20N4O2S.ClH/c1-3-15-11(6-8-13-15)18(16,17)14-10-5-4-7-12-9(10)2;/h6,8-10,12,14H,3-5,7H2,1-2H3;1H. The first kappa shape index (κ1) is 16.4. The fraction of sp³-hybridized carbons (Fsp3) is 0.727. The van der Waals surface area contributed by atoms with Crippen molar-refractivity contribution >= 4 is 22.4 Å². The van der Waals surface area contributed by atoms with Crippen molar-refractivity contribution in [3.05, 3.63) is 12.3 Å². The molecule has 1 aliphatic heterocycles. The molecule has 1 saturated heterocycles. The minimum Gasteiger partial charge on any atom is -0.313 e. The maximum absolute atomic E-state index is 12.3. The Morgan fingerprint density at radius 3 is 2.95 bits per heavy atom. The zero-order valence-electron chi connectivity index (χ0n) is 11.2. The minimum atomic E-state index is -3.48. The molecule has 2 N–H and O–H groups in total. The molecule has 0 amide bonds. The average molecular weight is 309 g/mol. The number of nitrogens with one attached hydrogen (secondary N) is 2. The highest BCUT2D eigenvalue weighted by Crippen LogP contribution is 2.14. The summed E-state index contributed by atoms with van der Waals surface area (Å²) in [5.74, 6) is 0. The molecule has 0 saturated carbocycles. The molecule has 0 radical (unpaired) electrons. The Bertz CT molecular complexity index is 503. The second kappa shape index (κ2) is 6.69. The summed E-state index contributed by atoms with van der Waals surface area (Å²) in [5, 5.41) is 7.51. The average Bonchev–Trinajstić information content (AvgIpc) is 2.81. The van der Waals surface area contributed by atoms with Crippen molar-refractivity contribution in [1.82, 2.24) is 19.8 Å². The molecule has 0 aromatic carbocycles. The third-order valence-corrected chi connectivity index (χ3v) is 4.83. The number of halogens is 1. The van der Waals surface area contributed by atoms with E-state index in [1.165, 1.54) is 16.9 Å². The maximum atomic E-state index is 12.3. The quantitative estimate of drug-likeness (QED) is 0.860. The molecule has 2 rings (SSSR count). The van der Waals surface area contributed by atoms with Gasteiger partial charge in [-0.05, 0) is 39.3 Å². The van der Waals surface area contributed by atoms with Crippen molar-refractivity contribution in [2.45, 2.75) is 50.3 Å². The molecule has 0 bridgehead atoms. The van der Waals surface area contributed by atoms with Crippen LogP contribution in [-0.4, -0.2) is 36.8 Å². The van der Waals surface area contributed by atoms with E-state index in [1.807, 2.05) is 13.8 Å². The van der Waals surface area contributed by atoms with E-state index >= 15 is 0 Å². The Morgan fingerprint density at radius 2 is 2.32 bits per heavy atom. The molecule has 19 heavy (non-hydrogen) atoms. The van der Waals surface area contributed by atoms with Crippen LogP contribution in [0.1, 0.15) is 26.7 Å². The van der Waals surface area contributed by atoms with Gasteiger partial charge in [-0.1, -0.05) is 0 Å². The van der Waals surface area contributed by atoms with Crippen LogP contribution in [0.3, 0.4) is 0 Å². The molecule has 1 aromatic heterocycles. The van der Waals surface area contributed by atoms with Crippen LogP contribution in [0.25, 0.3) is 0 Å². The third-order valence-electron chi connectivity index (χ3n) is 3.32. The first-order valence-electron chi connectivity index (χ1n) is 6.32. The second-order valence-electron chi connectivity index (χ2n) is 4.60. The minimum absolute atomic E-state index is 0. The Labute approximate surface area is 120 Å². The lowest BCUT2D eigenvalue weighted by Crippen LogP contribution is -2.52. The summed E-state index contributed by atoms with van der Waals surface area (Å²) in [6.07, 6.45) is 3.37. The van der Waals surface area contributed by atoms with Crippen molar-refractivity contribution in [1.29, 1.82) is 0 Å². The van der Waals surface area contributed by atoms with Crippen molar-refractivity contribution < 1.29 is 8.42 Å². The van der Waals surface area contributed by atoms with E-state index < -0.39 is 10.0 Å². The van der Waals surface area contributed by atoms with E-state index in [9.17, 15) is 8.42 Å². The van der Waals surface area contributed by atoms with Crippen molar-refractivity contribution in [2.75, 3.05) is 6.54 Å². The number of nitrogens with zero attached hydrogens (tertiary/aromatic N) is 2. The van der Waals surface area contributed by atoms with Crippen LogP contribution in [0.15, 0.2) is 17.3 Å². The second-order valence-corrected chi connectivity index (χ2v) is 6.26. The molecule has 0 aliphatic carbocycles. The number of piperidine rings is 1. The SMILES string of the molecule is CCn1nccc1S(=O)(=O)NC1CCCNC1C.Cl. The molecule has 2 atom stereocenters. The number of hydrogen-bond donors (Lipinski definition) is 2. The Balaban J connectivity index is 0.00000180. The van der Waals surface area contributed by atoms with Crippen LogP contribution in [0.4, 0.5) is 0 Å². The number of hydrogen-bond acceptors (Lipinski definition) is 4. The van der Waals surface area contributed by atoms with Crippen LogP contribution in [0.2, 0.25) is 0 Å².